The third-order valence-electron chi connectivity index (χ3n) is 5.89. The van der Waals surface area contributed by atoms with E-state index in [1.807, 2.05) is 0 Å². The van der Waals surface area contributed by atoms with Gasteiger partial charge in [0.25, 0.3) is 0 Å². The van der Waals surface area contributed by atoms with E-state index in [0.717, 1.165) is 18.2 Å². The largest absolute Gasteiger partial charge is 0.342 e. The molecule has 0 amide bonds. The number of allylic oxidation sites excluding steroid dienone is 3. The van der Waals surface area contributed by atoms with E-state index in [4.69, 9.17) is 0 Å². The molecule has 190 valence electrons. The predicted molar refractivity (Wildman–Crippen MR) is 128 cm³/mol. The highest BCUT2D eigenvalue weighted by atomic mass is 19.3. The Morgan fingerprint density at radius 1 is 0.694 bits per heavy atom. The van der Waals surface area contributed by atoms with E-state index in [-0.39, 0.29) is 17.2 Å². The first-order valence-electron chi connectivity index (χ1n) is 11.4. The van der Waals surface area contributed by atoms with Crippen molar-refractivity contribution in [2.24, 2.45) is 0 Å². The second-order valence-electron chi connectivity index (χ2n) is 8.41. The highest BCUT2D eigenvalue weighted by molar-refractivity contribution is 5.66. The summed E-state index contributed by atoms with van der Waals surface area (Å²) in [6.07, 6.45) is 7.23. The maximum absolute atomic E-state index is 14.9. The summed E-state index contributed by atoms with van der Waals surface area (Å²) >= 11 is 0. The first kappa shape index (κ1) is 27.2. The molecule has 0 aliphatic rings. The predicted octanol–water partition coefficient (Wildman–Crippen LogP) is 9.28. The average molecular weight is 507 g/mol. The number of halogens is 7. The number of rotatable bonds is 10. The molecule has 3 aromatic rings. The zero-order chi connectivity index (χ0) is 26.5. The van der Waals surface area contributed by atoms with Gasteiger partial charge in [-0.25, -0.2) is 13.2 Å². The third-order valence-corrected chi connectivity index (χ3v) is 5.89. The van der Waals surface area contributed by atoms with Gasteiger partial charge in [0.1, 0.15) is 17.5 Å². The zero-order valence-electron chi connectivity index (χ0n) is 19.6. The van der Waals surface area contributed by atoms with Crippen LogP contribution in [0.3, 0.4) is 0 Å². The fraction of sp³-hybridized carbons (Fsp3) is 0.241. The van der Waals surface area contributed by atoms with Gasteiger partial charge in [0, 0.05) is 16.7 Å². The summed E-state index contributed by atoms with van der Waals surface area (Å²) in [5.74, 6) is -13.5. The maximum atomic E-state index is 14.9. The fourth-order valence-corrected chi connectivity index (χ4v) is 3.87. The Morgan fingerprint density at radius 2 is 1.25 bits per heavy atom. The van der Waals surface area contributed by atoms with E-state index >= 15 is 0 Å². The quantitative estimate of drug-likeness (QED) is 0.190. The number of benzene rings is 3. The summed E-state index contributed by atoms with van der Waals surface area (Å²) in [4.78, 5) is 0. The van der Waals surface area contributed by atoms with E-state index in [0.29, 0.717) is 48.9 Å². The van der Waals surface area contributed by atoms with Crippen LogP contribution in [0.15, 0.2) is 79.4 Å². The Morgan fingerprint density at radius 3 is 1.81 bits per heavy atom. The van der Waals surface area contributed by atoms with Crippen molar-refractivity contribution in [2.45, 2.75) is 44.5 Å². The summed E-state index contributed by atoms with van der Waals surface area (Å²) < 4.78 is 103. The summed E-state index contributed by atoms with van der Waals surface area (Å²) in [6.45, 7) is 5.37. The highest BCUT2D eigenvalue weighted by Crippen LogP contribution is 2.50. The standard InChI is InChI=1S/C29H25F7/c1-3-5-7-9-20-11-15-24(27(32)17-20)29(35,36)28(33,34)21-12-14-23(26(31)18-21)22-13-10-19(8-6-4-2)16-25(22)30/h3-5,10-18H,2,6-9H2,1H3/b5-3+. The van der Waals surface area contributed by atoms with Gasteiger partial charge in [-0.3, -0.25) is 0 Å². The van der Waals surface area contributed by atoms with Crippen molar-refractivity contribution in [3.05, 3.63) is 119 Å². The van der Waals surface area contributed by atoms with Crippen molar-refractivity contribution >= 4 is 0 Å². The van der Waals surface area contributed by atoms with Crippen molar-refractivity contribution in [3.8, 4) is 11.1 Å². The molecule has 0 N–H and O–H groups in total. The van der Waals surface area contributed by atoms with Crippen LogP contribution in [0.4, 0.5) is 30.7 Å². The van der Waals surface area contributed by atoms with Gasteiger partial charge in [-0.15, -0.1) is 6.58 Å². The molecule has 0 saturated heterocycles. The zero-order valence-corrected chi connectivity index (χ0v) is 19.6. The van der Waals surface area contributed by atoms with E-state index < -0.39 is 40.4 Å². The minimum absolute atomic E-state index is 0.198. The van der Waals surface area contributed by atoms with Crippen molar-refractivity contribution in [3.63, 3.8) is 0 Å². The molecule has 0 atom stereocenters. The smallest absolute Gasteiger partial charge is 0.206 e. The minimum Gasteiger partial charge on any atom is -0.206 e. The molecule has 3 aromatic carbocycles. The molecule has 7 heteroatoms. The molecule has 3 rings (SSSR count). The lowest BCUT2D eigenvalue weighted by Crippen LogP contribution is -2.36. The Labute approximate surface area is 205 Å². The Bertz CT molecular complexity index is 1260. The highest BCUT2D eigenvalue weighted by Gasteiger charge is 2.59. The van der Waals surface area contributed by atoms with Crippen molar-refractivity contribution < 1.29 is 30.7 Å². The number of aryl methyl sites for hydroxylation is 2. The van der Waals surface area contributed by atoms with Gasteiger partial charge < -0.3 is 0 Å². The molecule has 0 aliphatic heterocycles. The molecular weight excluding hydrogens is 481 g/mol. The SMILES string of the molecule is C=CCCc1ccc(-c2ccc(C(F)(F)C(F)(F)c3ccc(CC/C=C/C)cc3F)cc2F)c(F)c1. The number of hydrogen-bond acceptors (Lipinski definition) is 0. The second-order valence-corrected chi connectivity index (χ2v) is 8.41. The second kappa shape index (κ2) is 11.1. The van der Waals surface area contributed by atoms with Gasteiger partial charge in [-0.1, -0.05) is 48.6 Å². The van der Waals surface area contributed by atoms with E-state index in [9.17, 15) is 30.7 Å². The van der Waals surface area contributed by atoms with Gasteiger partial charge >= 0.3 is 11.8 Å². The lowest BCUT2D eigenvalue weighted by atomic mass is 9.92. The van der Waals surface area contributed by atoms with E-state index in [1.165, 1.54) is 12.1 Å². The van der Waals surface area contributed by atoms with Crippen LogP contribution in [-0.2, 0) is 24.7 Å². The van der Waals surface area contributed by atoms with E-state index in [1.54, 1.807) is 31.2 Å². The van der Waals surface area contributed by atoms with Gasteiger partial charge in [-0.05, 0) is 68.0 Å². The number of hydrogen-bond donors (Lipinski definition) is 0. The Hall–Kier alpha value is -3.35. The van der Waals surface area contributed by atoms with Crippen molar-refractivity contribution in [1.29, 1.82) is 0 Å². The van der Waals surface area contributed by atoms with Crippen LogP contribution in [0.5, 0.6) is 0 Å². The first-order valence-corrected chi connectivity index (χ1v) is 11.4. The summed E-state index contributed by atoms with van der Waals surface area (Å²) in [5, 5.41) is 0. The topological polar surface area (TPSA) is 0 Å². The van der Waals surface area contributed by atoms with Gasteiger partial charge in [0.05, 0.1) is 5.56 Å². The van der Waals surface area contributed by atoms with Crippen LogP contribution in [0.25, 0.3) is 11.1 Å². The number of alkyl halides is 4. The minimum atomic E-state index is -4.97. The summed E-state index contributed by atoms with van der Waals surface area (Å²) in [6, 6.07) is 8.29. The normalized spacial score (nSPS) is 12.3. The van der Waals surface area contributed by atoms with Crippen molar-refractivity contribution in [2.75, 3.05) is 0 Å². The average Bonchev–Trinajstić information content (AvgIpc) is 2.83. The Balaban J connectivity index is 1.92. The molecule has 0 fully saturated rings. The lowest BCUT2D eigenvalue weighted by Gasteiger charge is -2.28. The molecule has 36 heavy (non-hydrogen) atoms. The third kappa shape index (κ3) is 5.55. The van der Waals surface area contributed by atoms with Crippen molar-refractivity contribution in [1.82, 2.24) is 0 Å². The first-order chi connectivity index (χ1) is 17.0. The lowest BCUT2D eigenvalue weighted by molar-refractivity contribution is -0.225. The molecule has 0 saturated carbocycles. The van der Waals surface area contributed by atoms with Crippen LogP contribution >= 0.6 is 0 Å². The van der Waals surface area contributed by atoms with Gasteiger partial charge in [-0.2, -0.15) is 17.6 Å². The Kier molecular flexibility index (Phi) is 8.43. The van der Waals surface area contributed by atoms with Crippen LogP contribution in [-0.4, -0.2) is 0 Å². The molecule has 0 unspecified atom stereocenters. The van der Waals surface area contributed by atoms with Crippen LogP contribution < -0.4 is 0 Å². The molecule has 0 nitrogen and oxygen atoms in total. The van der Waals surface area contributed by atoms with Crippen LogP contribution in [0.2, 0.25) is 0 Å². The molecule has 0 aromatic heterocycles. The summed E-state index contributed by atoms with van der Waals surface area (Å²) in [5.41, 5.74) is -2.39. The molecule has 0 spiro atoms. The molecule has 0 radical (unpaired) electrons. The monoisotopic (exact) mass is 506 g/mol. The van der Waals surface area contributed by atoms with Gasteiger partial charge in [0.2, 0.25) is 0 Å². The van der Waals surface area contributed by atoms with Crippen LogP contribution in [0, 0.1) is 17.5 Å². The maximum Gasteiger partial charge on any atom is 0.342 e. The summed E-state index contributed by atoms with van der Waals surface area (Å²) in [7, 11) is 0. The molecule has 0 aliphatic carbocycles. The van der Waals surface area contributed by atoms with Crippen LogP contribution in [0.1, 0.15) is 42.0 Å². The molecule has 0 heterocycles. The molecule has 0 bridgehead atoms. The van der Waals surface area contributed by atoms with Gasteiger partial charge in [0.15, 0.2) is 0 Å². The fourth-order valence-electron chi connectivity index (χ4n) is 3.87. The molecular formula is C29H25F7. The van der Waals surface area contributed by atoms with E-state index in [2.05, 4.69) is 6.58 Å².